The third kappa shape index (κ3) is 5.62. The number of nitrogens with one attached hydrogen (secondary N) is 1. The van der Waals surface area contributed by atoms with Crippen LogP contribution >= 0.6 is 0 Å². The summed E-state index contributed by atoms with van der Waals surface area (Å²) in [6.45, 7) is 8.12. The molecule has 6 nitrogen and oxygen atoms in total. The number of fused-ring (bicyclic) bond motifs is 1. The molecule has 0 bridgehead atoms. The summed E-state index contributed by atoms with van der Waals surface area (Å²) in [7, 11) is 0. The molecule has 1 unspecified atom stereocenters. The molecule has 3 heterocycles. The predicted octanol–water partition coefficient (Wildman–Crippen LogP) is 3.53. The first-order chi connectivity index (χ1) is 16.3. The number of rotatable bonds is 4. The summed E-state index contributed by atoms with van der Waals surface area (Å²) in [6, 6.07) is 15.0. The summed E-state index contributed by atoms with van der Waals surface area (Å²) in [5, 5.41) is 13.1. The van der Waals surface area contributed by atoms with Crippen molar-refractivity contribution in [3.63, 3.8) is 0 Å². The summed E-state index contributed by atoms with van der Waals surface area (Å²) >= 11 is 0. The van der Waals surface area contributed by atoms with Gasteiger partial charge in [0.05, 0.1) is 19.3 Å². The Kier molecular flexibility index (Phi) is 7.34. The molecule has 0 saturated carbocycles. The van der Waals surface area contributed by atoms with Gasteiger partial charge in [0.25, 0.3) is 0 Å². The van der Waals surface area contributed by atoms with Gasteiger partial charge in [-0.1, -0.05) is 12.1 Å². The number of anilines is 2. The Morgan fingerprint density at radius 3 is 2.39 bits per heavy atom. The van der Waals surface area contributed by atoms with E-state index in [1.807, 2.05) is 6.07 Å². The molecule has 2 aromatic carbocycles. The molecule has 178 valence electrons. The maximum Gasteiger partial charge on any atom is 0.145 e. The average Bonchev–Trinajstić information content (AvgIpc) is 3.23. The average molecular weight is 452 g/mol. The van der Waals surface area contributed by atoms with Gasteiger partial charge >= 0.3 is 0 Å². The summed E-state index contributed by atoms with van der Waals surface area (Å²) in [5.41, 5.74) is 5.08. The van der Waals surface area contributed by atoms with E-state index in [2.05, 4.69) is 51.5 Å². The highest BCUT2D eigenvalue weighted by Gasteiger charge is 2.22. The molecule has 2 aromatic rings. The molecule has 6 rings (SSSR count). The molecular formula is C27H37N3O3. The molecule has 4 aliphatic rings. The van der Waals surface area contributed by atoms with Crippen LogP contribution < -0.4 is 19.9 Å². The molecular weight excluding hydrogens is 414 g/mol. The van der Waals surface area contributed by atoms with Gasteiger partial charge in [-0.15, -0.1) is 0 Å². The number of aliphatic hydroxyl groups excluding tert-OH is 1. The number of ether oxygens (including phenoxy) is 2. The van der Waals surface area contributed by atoms with E-state index in [1.165, 1.54) is 49.3 Å². The van der Waals surface area contributed by atoms with Crippen LogP contribution in [0.4, 0.5) is 11.4 Å². The minimum atomic E-state index is -0.230. The molecule has 0 radical (unpaired) electrons. The predicted molar refractivity (Wildman–Crippen MR) is 133 cm³/mol. The number of benzene rings is 2. The van der Waals surface area contributed by atoms with Gasteiger partial charge < -0.3 is 29.7 Å². The van der Waals surface area contributed by atoms with Crippen molar-refractivity contribution in [2.45, 2.75) is 44.3 Å². The van der Waals surface area contributed by atoms with E-state index in [-0.39, 0.29) is 12.2 Å². The second-order valence-electron chi connectivity index (χ2n) is 9.50. The number of hydrogen-bond acceptors (Lipinski definition) is 6. The molecule has 1 aliphatic carbocycles. The highest BCUT2D eigenvalue weighted by molar-refractivity contribution is 5.53. The van der Waals surface area contributed by atoms with Gasteiger partial charge in [0, 0.05) is 56.7 Å². The third-order valence-corrected chi connectivity index (χ3v) is 7.10. The highest BCUT2D eigenvalue weighted by atomic mass is 16.6. The molecule has 0 spiro atoms. The molecule has 6 heteroatoms. The Labute approximate surface area is 197 Å². The van der Waals surface area contributed by atoms with Crippen molar-refractivity contribution >= 4 is 11.4 Å². The lowest BCUT2D eigenvalue weighted by Gasteiger charge is -2.30. The maximum absolute atomic E-state index is 9.76. The molecule has 3 saturated heterocycles. The third-order valence-electron chi connectivity index (χ3n) is 7.10. The van der Waals surface area contributed by atoms with E-state index in [9.17, 15) is 5.11 Å². The van der Waals surface area contributed by atoms with Gasteiger partial charge in [-0.3, -0.25) is 0 Å². The Morgan fingerprint density at radius 1 is 0.879 bits per heavy atom. The second-order valence-corrected chi connectivity index (χ2v) is 9.50. The van der Waals surface area contributed by atoms with Crippen LogP contribution in [0.2, 0.25) is 0 Å². The van der Waals surface area contributed by atoms with Crippen LogP contribution in [0.5, 0.6) is 5.75 Å². The number of nitrogens with zero attached hydrogens (tertiary/aromatic N) is 2. The van der Waals surface area contributed by atoms with Crippen molar-refractivity contribution in [3.05, 3.63) is 53.6 Å². The lowest BCUT2D eigenvalue weighted by molar-refractivity contribution is -0.0796. The van der Waals surface area contributed by atoms with Gasteiger partial charge in [-0.25, -0.2) is 0 Å². The zero-order chi connectivity index (χ0) is 22.5. The normalized spacial score (nSPS) is 22.8. The number of aliphatic hydroxyl groups is 1. The van der Waals surface area contributed by atoms with Crippen molar-refractivity contribution in [1.29, 1.82) is 0 Å². The van der Waals surface area contributed by atoms with Crippen molar-refractivity contribution in [2.24, 2.45) is 0 Å². The monoisotopic (exact) mass is 451 g/mol. The van der Waals surface area contributed by atoms with Crippen LogP contribution in [0.1, 0.15) is 42.9 Å². The van der Waals surface area contributed by atoms with E-state index in [1.54, 1.807) is 0 Å². The van der Waals surface area contributed by atoms with E-state index >= 15 is 0 Å². The van der Waals surface area contributed by atoms with Crippen LogP contribution in [0.25, 0.3) is 0 Å². The van der Waals surface area contributed by atoms with Crippen LogP contribution in [0.3, 0.4) is 0 Å². The van der Waals surface area contributed by atoms with Gasteiger partial charge in [0.1, 0.15) is 11.9 Å². The minimum Gasteiger partial charge on any atom is -0.486 e. The topological polar surface area (TPSA) is 57.2 Å². The van der Waals surface area contributed by atoms with Crippen LogP contribution in [0, 0.1) is 0 Å². The Bertz CT molecular complexity index is 905. The SMILES string of the molecule is OC1CCc2cc(N3CCNCC3)ccc21.c1cc(OC2COC2)cc(N2CCCCC2)c1. The first kappa shape index (κ1) is 22.5. The quantitative estimate of drug-likeness (QED) is 0.742. The fraction of sp³-hybridized carbons (Fsp3) is 0.556. The number of piperidine rings is 1. The molecule has 3 fully saturated rings. The molecule has 0 amide bonds. The van der Waals surface area contributed by atoms with Gasteiger partial charge in [0.2, 0.25) is 0 Å². The summed E-state index contributed by atoms with van der Waals surface area (Å²) in [5.74, 6) is 0.973. The van der Waals surface area contributed by atoms with Crippen molar-refractivity contribution in [2.75, 3.05) is 62.3 Å². The van der Waals surface area contributed by atoms with Crippen molar-refractivity contribution in [1.82, 2.24) is 5.32 Å². The van der Waals surface area contributed by atoms with Gasteiger partial charge in [-0.05, 0) is 67.5 Å². The lowest BCUT2D eigenvalue weighted by atomic mass is 10.1. The first-order valence-corrected chi connectivity index (χ1v) is 12.6. The van der Waals surface area contributed by atoms with Crippen LogP contribution in [-0.4, -0.2) is 63.7 Å². The number of piperazine rings is 1. The molecule has 3 aliphatic heterocycles. The standard InChI is InChI=1S/C14H19NO2.C13H18N2O/c1-2-7-15(8-3-1)12-5-4-6-13(9-12)17-14-10-16-11-14;16-13-4-1-10-9-11(2-3-12(10)13)15-7-5-14-6-8-15/h4-6,9,14H,1-3,7-8,10-11H2;2-3,9,13-14,16H,1,4-8H2. The molecule has 33 heavy (non-hydrogen) atoms. The Morgan fingerprint density at radius 2 is 1.64 bits per heavy atom. The van der Waals surface area contributed by atoms with E-state index in [0.717, 1.165) is 63.5 Å². The summed E-state index contributed by atoms with van der Waals surface area (Å²) in [4.78, 5) is 4.87. The zero-order valence-electron chi connectivity index (χ0n) is 19.5. The van der Waals surface area contributed by atoms with Crippen molar-refractivity contribution in [3.8, 4) is 5.75 Å². The van der Waals surface area contributed by atoms with Gasteiger partial charge in [-0.2, -0.15) is 0 Å². The molecule has 2 N–H and O–H groups in total. The lowest BCUT2D eigenvalue weighted by Crippen LogP contribution is -2.43. The highest BCUT2D eigenvalue weighted by Crippen LogP contribution is 2.33. The summed E-state index contributed by atoms with van der Waals surface area (Å²) in [6.07, 6.45) is 5.92. The second kappa shape index (κ2) is 10.8. The number of hydrogen-bond donors (Lipinski definition) is 2. The van der Waals surface area contributed by atoms with Crippen LogP contribution in [-0.2, 0) is 11.2 Å². The maximum atomic E-state index is 9.76. The van der Waals surface area contributed by atoms with Gasteiger partial charge in [0.15, 0.2) is 0 Å². The van der Waals surface area contributed by atoms with E-state index < -0.39 is 0 Å². The molecule has 1 atom stereocenters. The van der Waals surface area contributed by atoms with Crippen LogP contribution in [0.15, 0.2) is 42.5 Å². The number of aryl methyl sites for hydroxylation is 1. The van der Waals surface area contributed by atoms with E-state index in [0.29, 0.717) is 0 Å². The summed E-state index contributed by atoms with van der Waals surface area (Å²) < 4.78 is 10.9. The Hall–Kier alpha value is -2.28. The fourth-order valence-corrected chi connectivity index (χ4v) is 5.08. The zero-order valence-corrected chi connectivity index (χ0v) is 19.5. The molecule has 0 aromatic heterocycles. The largest absolute Gasteiger partial charge is 0.486 e. The Balaban J connectivity index is 0.000000139. The smallest absolute Gasteiger partial charge is 0.145 e. The minimum absolute atomic E-state index is 0.230. The van der Waals surface area contributed by atoms with E-state index in [4.69, 9.17) is 9.47 Å². The van der Waals surface area contributed by atoms with Crippen molar-refractivity contribution < 1.29 is 14.6 Å². The first-order valence-electron chi connectivity index (χ1n) is 12.6. The fourth-order valence-electron chi connectivity index (χ4n) is 5.08.